The summed E-state index contributed by atoms with van der Waals surface area (Å²) in [5, 5.41) is 6.44. The Bertz CT molecular complexity index is 1280. The summed E-state index contributed by atoms with van der Waals surface area (Å²) in [6.07, 6.45) is 3.48. The molecule has 3 aromatic rings. The average Bonchev–Trinajstić information content (AvgIpc) is 3.34. The third kappa shape index (κ3) is 4.23. The van der Waals surface area contributed by atoms with Gasteiger partial charge in [-0.3, -0.25) is 9.78 Å². The summed E-state index contributed by atoms with van der Waals surface area (Å²) in [7, 11) is -5.55. The van der Waals surface area contributed by atoms with E-state index in [-0.39, 0.29) is 18.5 Å². The van der Waals surface area contributed by atoms with Crippen LogP contribution in [0.15, 0.2) is 70.5 Å². The molecule has 2 aromatic heterocycles. The fourth-order valence-electron chi connectivity index (χ4n) is 3.66. The number of urea groups is 1. The number of nitrogens with one attached hydrogen (secondary N) is 1. The van der Waals surface area contributed by atoms with E-state index in [1.807, 2.05) is 16.8 Å². The van der Waals surface area contributed by atoms with E-state index in [0.717, 1.165) is 40.3 Å². The number of amides is 3. The first-order chi connectivity index (χ1) is 15.5. The number of alkyl halides is 3. The third-order valence-electron chi connectivity index (χ3n) is 5.21. The summed E-state index contributed by atoms with van der Waals surface area (Å²) in [6, 6.07) is 7.96. The van der Waals surface area contributed by atoms with Crippen molar-refractivity contribution < 1.29 is 31.2 Å². The van der Waals surface area contributed by atoms with Crippen LogP contribution in [0.3, 0.4) is 0 Å². The highest BCUT2D eigenvalue weighted by molar-refractivity contribution is 7.92. The maximum Gasteiger partial charge on any atom is 0.501 e. The number of sulfone groups is 1. The Kier molecular flexibility index (Phi) is 5.74. The Morgan fingerprint density at radius 1 is 0.970 bits per heavy atom. The molecule has 1 fully saturated rings. The Balaban J connectivity index is 1.69. The van der Waals surface area contributed by atoms with Crippen molar-refractivity contribution in [3.8, 4) is 0 Å². The van der Waals surface area contributed by atoms with Crippen LogP contribution in [-0.4, -0.2) is 36.4 Å². The molecule has 3 heterocycles. The second-order valence-electron chi connectivity index (χ2n) is 7.44. The van der Waals surface area contributed by atoms with Gasteiger partial charge < -0.3 is 5.32 Å². The molecule has 1 aromatic carbocycles. The van der Waals surface area contributed by atoms with Crippen LogP contribution in [-0.2, 0) is 27.5 Å². The zero-order valence-corrected chi connectivity index (χ0v) is 18.4. The van der Waals surface area contributed by atoms with E-state index in [9.17, 15) is 31.2 Å². The van der Waals surface area contributed by atoms with Crippen molar-refractivity contribution in [2.24, 2.45) is 0 Å². The molecule has 0 radical (unpaired) electrons. The summed E-state index contributed by atoms with van der Waals surface area (Å²) in [5.41, 5.74) is -5.26. The lowest BCUT2D eigenvalue weighted by molar-refractivity contribution is -0.122. The Morgan fingerprint density at radius 2 is 1.61 bits per heavy atom. The number of anilines is 1. The number of halogens is 3. The van der Waals surface area contributed by atoms with Crippen molar-refractivity contribution in [1.82, 2.24) is 10.3 Å². The Morgan fingerprint density at radius 3 is 2.18 bits per heavy atom. The van der Waals surface area contributed by atoms with E-state index in [2.05, 4.69) is 10.3 Å². The predicted octanol–water partition coefficient (Wildman–Crippen LogP) is 3.72. The minimum absolute atomic E-state index is 0.0412. The second kappa shape index (κ2) is 8.27. The molecule has 1 N–H and O–H groups in total. The van der Waals surface area contributed by atoms with Crippen molar-refractivity contribution >= 4 is 38.8 Å². The first kappa shape index (κ1) is 22.9. The standard InChI is InChI=1S/C21H16F3N3O4S2/c22-21(23,24)33(30,31)17-3-1-16(2-4-17)27-18(28)20(26-19(27)29,12-15-7-10-32-13-15)11-14-5-8-25-9-6-14/h1-10,13H,11-12H2,(H,26,29). The first-order valence-corrected chi connectivity index (χ1v) is 11.9. The van der Waals surface area contributed by atoms with Gasteiger partial charge in [-0.25, -0.2) is 18.1 Å². The van der Waals surface area contributed by atoms with Gasteiger partial charge in [-0.15, -0.1) is 0 Å². The van der Waals surface area contributed by atoms with E-state index in [4.69, 9.17) is 0 Å². The molecular formula is C21H16F3N3O4S2. The Labute approximate surface area is 190 Å². The number of nitrogens with zero attached hydrogens (tertiary/aromatic N) is 2. The second-order valence-corrected chi connectivity index (χ2v) is 10.2. The highest BCUT2D eigenvalue weighted by atomic mass is 32.2. The molecule has 0 bridgehead atoms. The topological polar surface area (TPSA) is 96.4 Å². The van der Waals surface area contributed by atoms with Crippen LogP contribution < -0.4 is 10.2 Å². The predicted molar refractivity (Wildman–Crippen MR) is 114 cm³/mol. The first-order valence-electron chi connectivity index (χ1n) is 9.52. The number of pyridine rings is 1. The minimum Gasteiger partial charge on any atom is -0.322 e. The van der Waals surface area contributed by atoms with Crippen LogP contribution in [0.25, 0.3) is 0 Å². The molecule has 1 aliphatic heterocycles. The molecule has 1 aliphatic rings. The van der Waals surface area contributed by atoms with Crippen LogP contribution in [0.1, 0.15) is 11.1 Å². The summed E-state index contributed by atoms with van der Waals surface area (Å²) in [6.45, 7) is 0. The molecule has 172 valence electrons. The van der Waals surface area contributed by atoms with Crippen LogP contribution in [0, 0.1) is 0 Å². The van der Waals surface area contributed by atoms with Gasteiger partial charge in [-0.05, 0) is 64.4 Å². The fourth-order valence-corrected chi connectivity index (χ4v) is 5.09. The van der Waals surface area contributed by atoms with Gasteiger partial charge in [0.15, 0.2) is 0 Å². The normalized spacial score (nSPS) is 19.1. The lowest BCUT2D eigenvalue weighted by atomic mass is 9.85. The van der Waals surface area contributed by atoms with Crippen LogP contribution in [0.4, 0.5) is 23.7 Å². The van der Waals surface area contributed by atoms with Gasteiger partial charge in [-0.2, -0.15) is 24.5 Å². The van der Waals surface area contributed by atoms with Gasteiger partial charge in [0, 0.05) is 25.2 Å². The largest absolute Gasteiger partial charge is 0.501 e. The van der Waals surface area contributed by atoms with Crippen LogP contribution in [0.5, 0.6) is 0 Å². The Hall–Kier alpha value is -3.25. The molecule has 0 saturated carbocycles. The van der Waals surface area contributed by atoms with Gasteiger partial charge in [0.1, 0.15) is 5.54 Å². The molecule has 4 rings (SSSR count). The number of rotatable bonds is 6. The molecule has 0 aliphatic carbocycles. The third-order valence-corrected chi connectivity index (χ3v) is 7.45. The lowest BCUT2D eigenvalue weighted by Gasteiger charge is -2.26. The number of aromatic nitrogens is 1. The van der Waals surface area contributed by atoms with Crippen molar-refractivity contribution in [3.05, 3.63) is 76.7 Å². The zero-order chi connectivity index (χ0) is 23.9. The summed E-state index contributed by atoms with van der Waals surface area (Å²) < 4.78 is 61.7. The molecule has 1 atom stereocenters. The highest BCUT2D eigenvalue weighted by Gasteiger charge is 2.52. The van der Waals surface area contributed by atoms with E-state index in [0.29, 0.717) is 0 Å². The zero-order valence-electron chi connectivity index (χ0n) is 16.7. The number of hydrogen-bond donors (Lipinski definition) is 1. The average molecular weight is 496 g/mol. The number of carbonyl (C=O) groups is 2. The number of carbonyl (C=O) groups excluding carboxylic acids is 2. The van der Waals surface area contributed by atoms with Crippen molar-refractivity contribution in [3.63, 3.8) is 0 Å². The van der Waals surface area contributed by atoms with Crippen molar-refractivity contribution in [2.45, 2.75) is 28.8 Å². The molecule has 7 nitrogen and oxygen atoms in total. The fraction of sp³-hybridized carbons (Fsp3) is 0.190. The van der Waals surface area contributed by atoms with Gasteiger partial charge in [0.05, 0.1) is 10.6 Å². The molecular weight excluding hydrogens is 479 g/mol. The number of benzene rings is 1. The van der Waals surface area contributed by atoms with E-state index < -0.39 is 37.7 Å². The lowest BCUT2D eigenvalue weighted by Crippen LogP contribution is -2.51. The minimum atomic E-state index is -5.55. The molecule has 1 unspecified atom stereocenters. The van der Waals surface area contributed by atoms with Gasteiger partial charge in [0.25, 0.3) is 15.7 Å². The maximum atomic E-state index is 13.5. The molecule has 0 spiro atoms. The van der Waals surface area contributed by atoms with E-state index >= 15 is 0 Å². The SMILES string of the molecule is O=C1NC(Cc2ccncc2)(Cc2ccsc2)C(=O)N1c1ccc(S(=O)(=O)C(F)(F)F)cc1. The highest BCUT2D eigenvalue weighted by Crippen LogP contribution is 2.34. The van der Waals surface area contributed by atoms with E-state index in [1.54, 1.807) is 24.5 Å². The summed E-state index contributed by atoms with van der Waals surface area (Å²) in [5.74, 6) is -0.595. The molecule has 3 amide bonds. The summed E-state index contributed by atoms with van der Waals surface area (Å²) >= 11 is 1.44. The quantitative estimate of drug-likeness (QED) is 0.526. The maximum absolute atomic E-state index is 13.5. The molecule has 12 heteroatoms. The van der Waals surface area contributed by atoms with E-state index in [1.165, 1.54) is 11.3 Å². The van der Waals surface area contributed by atoms with Gasteiger partial charge in [0.2, 0.25) is 0 Å². The number of imide groups is 1. The molecule has 33 heavy (non-hydrogen) atoms. The number of hydrogen-bond acceptors (Lipinski definition) is 6. The van der Waals surface area contributed by atoms with Crippen LogP contribution >= 0.6 is 11.3 Å². The van der Waals surface area contributed by atoms with Gasteiger partial charge in [-0.1, -0.05) is 0 Å². The molecule has 1 saturated heterocycles. The van der Waals surface area contributed by atoms with Crippen molar-refractivity contribution in [1.29, 1.82) is 0 Å². The smallest absolute Gasteiger partial charge is 0.322 e. The van der Waals surface area contributed by atoms with Crippen LogP contribution in [0.2, 0.25) is 0 Å². The van der Waals surface area contributed by atoms with Crippen molar-refractivity contribution in [2.75, 3.05) is 4.90 Å². The monoisotopic (exact) mass is 495 g/mol. The number of thiophene rings is 1. The summed E-state index contributed by atoms with van der Waals surface area (Å²) in [4.78, 5) is 30.2. The van der Waals surface area contributed by atoms with Gasteiger partial charge >= 0.3 is 11.5 Å².